The normalized spacial score (nSPS) is 23.0. The Morgan fingerprint density at radius 1 is 0.594 bits per heavy atom. The SMILES string of the molecule is OC1C=CC[C@H](OCc2ccccc2)[C@H](OCc2ccccc2)[C@H]1OCc1ccccc1. The minimum atomic E-state index is -0.773. The molecule has 1 aliphatic rings. The van der Waals surface area contributed by atoms with Crippen LogP contribution in [-0.4, -0.2) is 29.5 Å². The summed E-state index contributed by atoms with van der Waals surface area (Å²) in [6, 6.07) is 30.1. The van der Waals surface area contributed by atoms with Crippen LogP contribution in [0.15, 0.2) is 103 Å². The topological polar surface area (TPSA) is 47.9 Å². The summed E-state index contributed by atoms with van der Waals surface area (Å²) < 4.78 is 18.9. The quantitative estimate of drug-likeness (QED) is 0.482. The first kappa shape index (κ1) is 22.4. The zero-order chi connectivity index (χ0) is 22.0. The molecule has 0 heterocycles. The predicted octanol–water partition coefficient (Wildman–Crippen LogP) is 5.06. The molecule has 166 valence electrons. The Hall–Kier alpha value is -2.76. The monoisotopic (exact) mass is 430 g/mol. The van der Waals surface area contributed by atoms with Gasteiger partial charge in [0, 0.05) is 0 Å². The van der Waals surface area contributed by atoms with Gasteiger partial charge in [0.25, 0.3) is 0 Å². The molecule has 0 saturated carbocycles. The van der Waals surface area contributed by atoms with Crippen molar-refractivity contribution in [2.75, 3.05) is 0 Å². The van der Waals surface area contributed by atoms with Crippen molar-refractivity contribution in [1.29, 1.82) is 0 Å². The summed E-state index contributed by atoms with van der Waals surface area (Å²) in [5.41, 5.74) is 3.23. The van der Waals surface area contributed by atoms with Gasteiger partial charge in [-0.3, -0.25) is 0 Å². The second-order valence-electron chi connectivity index (χ2n) is 8.01. The molecule has 1 N–H and O–H groups in total. The summed E-state index contributed by atoms with van der Waals surface area (Å²) in [6.07, 6.45) is 2.42. The van der Waals surface area contributed by atoms with E-state index in [4.69, 9.17) is 14.2 Å². The van der Waals surface area contributed by atoms with Crippen molar-refractivity contribution < 1.29 is 19.3 Å². The molecule has 0 radical (unpaired) electrons. The van der Waals surface area contributed by atoms with E-state index in [9.17, 15) is 5.11 Å². The van der Waals surface area contributed by atoms with Crippen LogP contribution in [0.3, 0.4) is 0 Å². The number of hydrogen-bond donors (Lipinski definition) is 1. The van der Waals surface area contributed by atoms with E-state index in [0.717, 1.165) is 16.7 Å². The van der Waals surface area contributed by atoms with Gasteiger partial charge in [-0.1, -0.05) is 103 Å². The molecule has 1 unspecified atom stereocenters. The highest BCUT2D eigenvalue weighted by atomic mass is 16.6. The standard InChI is InChI=1S/C28H30O4/c29-25-17-10-18-26(30-19-22-11-4-1-5-12-22)28(32-21-24-15-8-3-9-16-24)27(25)31-20-23-13-6-2-7-14-23/h1-17,25-29H,18-21H2/t25?,26-,27-,28-/m0/s1. The summed E-state index contributed by atoms with van der Waals surface area (Å²) in [5, 5.41) is 10.9. The summed E-state index contributed by atoms with van der Waals surface area (Å²) in [5.74, 6) is 0. The van der Waals surface area contributed by atoms with Crippen molar-refractivity contribution in [2.24, 2.45) is 0 Å². The molecular weight excluding hydrogens is 400 g/mol. The van der Waals surface area contributed by atoms with E-state index >= 15 is 0 Å². The number of ether oxygens (including phenoxy) is 3. The molecule has 32 heavy (non-hydrogen) atoms. The summed E-state index contributed by atoms with van der Waals surface area (Å²) in [7, 11) is 0. The fourth-order valence-corrected chi connectivity index (χ4v) is 3.87. The highest BCUT2D eigenvalue weighted by Crippen LogP contribution is 2.25. The number of hydrogen-bond acceptors (Lipinski definition) is 4. The van der Waals surface area contributed by atoms with Gasteiger partial charge in [0.05, 0.1) is 25.9 Å². The second-order valence-corrected chi connectivity index (χ2v) is 8.01. The van der Waals surface area contributed by atoms with Crippen LogP contribution in [0.25, 0.3) is 0 Å². The van der Waals surface area contributed by atoms with Gasteiger partial charge in [-0.2, -0.15) is 0 Å². The maximum absolute atomic E-state index is 10.9. The van der Waals surface area contributed by atoms with Crippen LogP contribution in [0.4, 0.5) is 0 Å². The first-order valence-electron chi connectivity index (χ1n) is 11.1. The maximum atomic E-state index is 10.9. The van der Waals surface area contributed by atoms with Crippen LogP contribution in [0.2, 0.25) is 0 Å². The van der Waals surface area contributed by atoms with Crippen molar-refractivity contribution in [3.63, 3.8) is 0 Å². The zero-order valence-corrected chi connectivity index (χ0v) is 18.1. The lowest BCUT2D eigenvalue weighted by atomic mass is 10.0. The van der Waals surface area contributed by atoms with Gasteiger partial charge in [-0.25, -0.2) is 0 Å². The summed E-state index contributed by atoms with van der Waals surface area (Å²) in [4.78, 5) is 0. The molecule has 1 aliphatic carbocycles. The molecule has 0 aliphatic heterocycles. The van der Waals surface area contributed by atoms with Crippen molar-refractivity contribution in [3.05, 3.63) is 120 Å². The second kappa shape index (κ2) is 11.7. The summed E-state index contributed by atoms with van der Waals surface area (Å²) >= 11 is 0. The molecule has 4 nitrogen and oxygen atoms in total. The third-order valence-electron chi connectivity index (χ3n) is 5.61. The highest BCUT2D eigenvalue weighted by molar-refractivity contribution is 5.16. The van der Waals surface area contributed by atoms with Crippen molar-refractivity contribution in [1.82, 2.24) is 0 Å². The average Bonchev–Trinajstić information content (AvgIpc) is 3.00. The van der Waals surface area contributed by atoms with Crippen LogP contribution in [0.5, 0.6) is 0 Å². The van der Waals surface area contributed by atoms with Gasteiger partial charge >= 0.3 is 0 Å². The zero-order valence-electron chi connectivity index (χ0n) is 18.1. The molecule has 4 heteroatoms. The third kappa shape index (κ3) is 6.38. The Kier molecular flexibility index (Phi) is 8.23. The summed E-state index contributed by atoms with van der Waals surface area (Å²) in [6.45, 7) is 1.30. The third-order valence-corrected chi connectivity index (χ3v) is 5.61. The maximum Gasteiger partial charge on any atom is 0.116 e. The molecule has 0 amide bonds. The first-order valence-corrected chi connectivity index (χ1v) is 11.1. The van der Waals surface area contributed by atoms with E-state index in [0.29, 0.717) is 26.2 Å². The van der Waals surface area contributed by atoms with Crippen molar-refractivity contribution in [2.45, 2.75) is 50.7 Å². The van der Waals surface area contributed by atoms with E-state index in [1.54, 1.807) is 6.08 Å². The smallest absolute Gasteiger partial charge is 0.116 e. The van der Waals surface area contributed by atoms with E-state index in [2.05, 4.69) is 0 Å². The van der Waals surface area contributed by atoms with Crippen LogP contribution in [0.1, 0.15) is 23.1 Å². The van der Waals surface area contributed by atoms with Gasteiger partial charge in [0.2, 0.25) is 0 Å². The fraction of sp³-hybridized carbons (Fsp3) is 0.286. The molecule has 3 aromatic carbocycles. The molecule has 4 rings (SSSR count). The number of benzene rings is 3. The van der Waals surface area contributed by atoms with Gasteiger partial charge in [0.15, 0.2) is 0 Å². The lowest BCUT2D eigenvalue weighted by molar-refractivity contribution is -0.168. The van der Waals surface area contributed by atoms with Crippen LogP contribution >= 0.6 is 0 Å². The van der Waals surface area contributed by atoms with E-state index in [1.165, 1.54) is 0 Å². The predicted molar refractivity (Wildman–Crippen MR) is 125 cm³/mol. The van der Waals surface area contributed by atoms with Gasteiger partial charge < -0.3 is 19.3 Å². The molecule has 0 spiro atoms. The van der Waals surface area contributed by atoms with E-state index < -0.39 is 18.3 Å². The Balaban J connectivity index is 1.51. The molecule has 3 aromatic rings. The Morgan fingerprint density at radius 2 is 1.03 bits per heavy atom. The van der Waals surface area contributed by atoms with Crippen molar-refractivity contribution >= 4 is 0 Å². The Bertz CT molecular complexity index is 943. The lowest BCUT2D eigenvalue weighted by Crippen LogP contribution is -2.46. The van der Waals surface area contributed by atoms with Gasteiger partial charge in [0.1, 0.15) is 18.3 Å². The van der Waals surface area contributed by atoms with E-state index in [1.807, 2.05) is 97.1 Å². The largest absolute Gasteiger partial charge is 0.386 e. The first-order chi connectivity index (χ1) is 15.8. The van der Waals surface area contributed by atoms with Gasteiger partial charge in [-0.05, 0) is 23.1 Å². The molecular formula is C28H30O4. The lowest BCUT2D eigenvalue weighted by Gasteiger charge is -2.33. The average molecular weight is 431 g/mol. The van der Waals surface area contributed by atoms with Gasteiger partial charge in [-0.15, -0.1) is 0 Å². The minimum Gasteiger partial charge on any atom is -0.386 e. The Labute approximate surface area is 190 Å². The fourth-order valence-electron chi connectivity index (χ4n) is 3.87. The number of aliphatic hydroxyl groups excluding tert-OH is 1. The minimum absolute atomic E-state index is 0.243. The Morgan fingerprint density at radius 3 is 1.53 bits per heavy atom. The van der Waals surface area contributed by atoms with Crippen LogP contribution in [-0.2, 0) is 34.0 Å². The van der Waals surface area contributed by atoms with Crippen LogP contribution in [0, 0.1) is 0 Å². The molecule has 0 saturated heterocycles. The molecule has 0 fully saturated rings. The van der Waals surface area contributed by atoms with E-state index in [-0.39, 0.29) is 6.10 Å². The highest BCUT2D eigenvalue weighted by Gasteiger charge is 2.37. The number of aliphatic hydroxyl groups is 1. The van der Waals surface area contributed by atoms with Crippen LogP contribution < -0.4 is 0 Å². The molecule has 0 aromatic heterocycles. The molecule has 4 atom stereocenters. The number of rotatable bonds is 9. The molecule has 0 bridgehead atoms. The van der Waals surface area contributed by atoms with Crippen molar-refractivity contribution in [3.8, 4) is 0 Å².